The minimum Gasteiger partial charge on any atom is -0.496 e. The Morgan fingerprint density at radius 3 is 2.62 bits per heavy atom. The molecule has 0 radical (unpaired) electrons. The first-order valence-electron chi connectivity index (χ1n) is 6.41. The first-order valence-corrected chi connectivity index (χ1v) is 7.21. The highest BCUT2D eigenvalue weighted by atomic mass is 79.9. The second-order valence-electron chi connectivity index (χ2n) is 4.57. The molecule has 0 aliphatic rings. The summed E-state index contributed by atoms with van der Waals surface area (Å²) in [5.74, 6) is 0.0454. The van der Waals surface area contributed by atoms with Crippen LogP contribution in [0.3, 0.4) is 0 Å². The van der Waals surface area contributed by atoms with Crippen LogP contribution >= 0.6 is 15.9 Å². The van der Waals surface area contributed by atoms with E-state index in [0.29, 0.717) is 21.3 Å². The summed E-state index contributed by atoms with van der Waals surface area (Å²) in [4.78, 5) is 12.2. The van der Waals surface area contributed by atoms with Gasteiger partial charge in [-0.05, 0) is 47.1 Å². The third-order valence-corrected chi connectivity index (χ3v) is 3.75. The molecule has 0 aromatic heterocycles. The molecule has 0 saturated carbocycles. The van der Waals surface area contributed by atoms with E-state index in [2.05, 4.69) is 21.2 Å². The van der Waals surface area contributed by atoms with Gasteiger partial charge in [0.1, 0.15) is 11.6 Å². The summed E-state index contributed by atoms with van der Waals surface area (Å²) in [7, 11) is 1.56. The van der Waals surface area contributed by atoms with Crippen molar-refractivity contribution in [3.63, 3.8) is 0 Å². The van der Waals surface area contributed by atoms with Crippen LogP contribution in [0.2, 0.25) is 0 Å². The predicted octanol–water partition coefficient (Wildman–Crippen LogP) is 4.09. The van der Waals surface area contributed by atoms with Crippen molar-refractivity contribution in [3.05, 3.63) is 63.9 Å². The second kappa shape index (κ2) is 6.72. The number of halogens is 2. The summed E-state index contributed by atoms with van der Waals surface area (Å²) in [6.07, 6.45) is 0. The molecule has 0 bridgehead atoms. The van der Waals surface area contributed by atoms with Gasteiger partial charge in [-0.2, -0.15) is 0 Å². The zero-order valence-electron chi connectivity index (χ0n) is 11.7. The monoisotopic (exact) mass is 351 g/mol. The molecule has 0 saturated heterocycles. The van der Waals surface area contributed by atoms with Crippen LogP contribution in [0.15, 0.2) is 46.9 Å². The van der Waals surface area contributed by atoms with E-state index in [1.54, 1.807) is 50.4 Å². The number of carbonyl (C=O) groups excluding carboxylic acids is 1. The second-order valence-corrected chi connectivity index (χ2v) is 5.42. The third kappa shape index (κ3) is 3.61. The Morgan fingerprint density at radius 1 is 1.29 bits per heavy atom. The number of hydrogen-bond donors (Lipinski definition) is 1. The molecule has 0 aliphatic heterocycles. The highest BCUT2D eigenvalue weighted by Gasteiger charge is 2.15. The zero-order chi connectivity index (χ0) is 15.4. The average molecular weight is 352 g/mol. The maximum absolute atomic E-state index is 13.7. The summed E-state index contributed by atoms with van der Waals surface area (Å²) in [6.45, 7) is 1.74. The van der Waals surface area contributed by atoms with Gasteiger partial charge in [-0.3, -0.25) is 4.79 Å². The van der Waals surface area contributed by atoms with Crippen molar-refractivity contribution in [1.29, 1.82) is 0 Å². The van der Waals surface area contributed by atoms with Crippen LogP contribution < -0.4 is 10.1 Å². The van der Waals surface area contributed by atoms with Crippen molar-refractivity contribution in [2.45, 2.75) is 13.0 Å². The van der Waals surface area contributed by atoms with Gasteiger partial charge >= 0.3 is 0 Å². The van der Waals surface area contributed by atoms with Crippen LogP contribution in [0.25, 0.3) is 0 Å². The maximum atomic E-state index is 13.7. The molecule has 1 atom stereocenters. The molecule has 1 N–H and O–H groups in total. The lowest BCUT2D eigenvalue weighted by Gasteiger charge is -2.15. The Balaban J connectivity index is 2.14. The van der Waals surface area contributed by atoms with E-state index in [1.165, 1.54) is 6.07 Å². The van der Waals surface area contributed by atoms with Gasteiger partial charge in [0.05, 0.1) is 17.6 Å². The van der Waals surface area contributed by atoms with Gasteiger partial charge in [0.25, 0.3) is 5.91 Å². The Hall–Kier alpha value is -1.88. The van der Waals surface area contributed by atoms with Crippen LogP contribution in [-0.2, 0) is 0 Å². The molecule has 0 heterocycles. The smallest absolute Gasteiger partial charge is 0.251 e. The highest BCUT2D eigenvalue weighted by molar-refractivity contribution is 9.10. The first-order chi connectivity index (χ1) is 10.0. The van der Waals surface area contributed by atoms with Crippen LogP contribution in [-0.4, -0.2) is 13.0 Å². The molecule has 2 rings (SSSR count). The molecule has 0 aliphatic carbocycles. The van der Waals surface area contributed by atoms with E-state index < -0.39 is 6.04 Å². The summed E-state index contributed by atoms with van der Waals surface area (Å²) in [5, 5.41) is 2.78. The fourth-order valence-corrected chi connectivity index (χ4v) is 2.53. The molecule has 5 heteroatoms. The number of rotatable bonds is 4. The van der Waals surface area contributed by atoms with Gasteiger partial charge < -0.3 is 10.1 Å². The van der Waals surface area contributed by atoms with Crippen molar-refractivity contribution in [2.24, 2.45) is 0 Å². The van der Waals surface area contributed by atoms with E-state index in [0.717, 1.165) is 0 Å². The van der Waals surface area contributed by atoms with Crippen molar-refractivity contribution in [3.8, 4) is 5.75 Å². The number of ether oxygens (including phenoxy) is 1. The minimum atomic E-state index is -0.417. The molecule has 21 heavy (non-hydrogen) atoms. The lowest BCUT2D eigenvalue weighted by molar-refractivity contribution is 0.0939. The number of carbonyl (C=O) groups is 1. The molecule has 0 spiro atoms. The van der Waals surface area contributed by atoms with Gasteiger partial charge in [-0.15, -0.1) is 0 Å². The van der Waals surface area contributed by atoms with Gasteiger partial charge in [-0.25, -0.2) is 4.39 Å². The molecule has 0 fully saturated rings. The summed E-state index contributed by atoms with van der Waals surface area (Å²) < 4.78 is 19.5. The van der Waals surface area contributed by atoms with Crippen molar-refractivity contribution >= 4 is 21.8 Å². The fraction of sp³-hybridized carbons (Fsp3) is 0.188. The van der Waals surface area contributed by atoms with Crippen molar-refractivity contribution in [2.75, 3.05) is 7.11 Å². The molecular weight excluding hydrogens is 337 g/mol. The Morgan fingerprint density at radius 2 is 2.00 bits per heavy atom. The molecular formula is C16H15BrFNO2. The Bertz CT molecular complexity index is 660. The normalized spacial score (nSPS) is 11.8. The summed E-state index contributed by atoms with van der Waals surface area (Å²) >= 11 is 3.33. The van der Waals surface area contributed by atoms with Crippen LogP contribution in [0.4, 0.5) is 4.39 Å². The maximum Gasteiger partial charge on any atom is 0.251 e. The quantitative estimate of drug-likeness (QED) is 0.900. The molecule has 2 aromatic rings. The first kappa shape index (κ1) is 15.5. The summed E-state index contributed by atoms with van der Waals surface area (Å²) in [6, 6.07) is 11.0. The predicted molar refractivity (Wildman–Crippen MR) is 83.0 cm³/mol. The molecule has 3 nitrogen and oxygen atoms in total. The number of amides is 1. The minimum absolute atomic E-state index is 0.269. The van der Waals surface area contributed by atoms with Crippen LogP contribution in [0, 0.1) is 5.82 Å². The largest absolute Gasteiger partial charge is 0.496 e. The topological polar surface area (TPSA) is 38.3 Å². The Labute approximate surface area is 131 Å². The van der Waals surface area contributed by atoms with Crippen molar-refractivity contribution < 1.29 is 13.9 Å². The van der Waals surface area contributed by atoms with E-state index in [-0.39, 0.29) is 11.7 Å². The number of nitrogens with one attached hydrogen (secondary N) is 1. The van der Waals surface area contributed by atoms with Crippen LogP contribution in [0.5, 0.6) is 5.75 Å². The lowest BCUT2D eigenvalue weighted by atomic mass is 10.1. The number of benzene rings is 2. The van der Waals surface area contributed by atoms with Gasteiger partial charge in [0.2, 0.25) is 0 Å². The lowest BCUT2D eigenvalue weighted by Crippen LogP contribution is -2.27. The van der Waals surface area contributed by atoms with Gasteiger partial charge in [0.15, 0.2) is 0 Å². The van der Waals surface area contributed by atoms with Crippen LogP contribution in [0.1, 0.15) is 28.9 Å². The Kier molecular flexibility index (Phi) is 4.96. The van der Waals surface area contributed by atoms with Gasteiger partial charge in [0, 0.05) is 11.1 Å². The summed E-state index contributed by atoms with van der Waals surface area (Å²) in [5.41, 5.74) is 0.935. The zero-order valence-corrected chi connectivity index (χ0v) is 13.3. The van der Waals surface area contributed by atoms with E-state index >= 15 is 0 Å². The fourth-order valence-electron chi connectivity index (χ4n) is 1.99. The number of methoxy groups -OCH3 is 1. The number of hydrogen-bond acceptors (Lipinski definition) is 2. The highest BCUT2D eigenvalue weighted by Crippen LogP contribution is 2.26. The molecule has 110 valence electrons. The molecule has 2 aromatic carbocycles. The van der Waals surface area contributed by atoms with Gasteiger partial charge in [-0.1, -0.05) is 18.2 Å². The van der Waals surface area contributed by atoms with E-state index in [1.807, 2.05) is 0 Å². The SMILES string of the molecule is COc1ccc(C(=O)NC(C)c2ccccc2F)cc1Br. The molecule has 1 unspecified atom stereocenters. The van der Waals surface area contributed by atoms with E-state index in [4.69, 9.17) is 4.74 Å². The third-order valence-electron chi connectivity index (χ3n) is 3.13. The standard InChI is InChI=1S/C16H15BrFNO2/c1-10(12-5-3-4-6-14(12)18)19-16(20)11-7-8-15(21-2)13(17)9-11/h3-10H,1-2H3,(H,19,20). The average Bonchev–Trinajstić information content (AvgIpc) is 2.47. The van der Waals surface area contributed by atoms with Crippen molar-refractivity contribution in [1.82, 2.24) is 5.32 Å². The molecule has 1 amide bonds. The van der Waals surface area contributed by atoms with E-state index in [9.17, 15) is 9.18 Å².